The number of urea groups is 1. The van der Waals surface area contributed by atoms with E-state index in [9.17, 15) is 14.4 Å². The Morgan fingerprint density at radius 2 is 2.09 bits per heavy atom. The number of carbonyl (C=O) groups excluding carboxylic acids is 3. The summed E-state index contributed by atoms with van der Waals surface area (Å²) in [5.74, 6) is 1.55. The summed E-state index contributed by atoms with van der Waals surface area (Å²) >= 11 is 0. The number of carbonyl (C=O) groups is 3. The molecule has 2 aliphatic rings. The Morgan fingerprint density at radius 3 is 2.64 bits per heavy atom. The molecule has 0 N–H and O–H groups in total. The van der Waals surface area contributed by atoms with Crippen LogP contribution in [0.3, 0.4) is 0 Å². The highest BCUT2D eigenvalue weighted by Gasteiger charge is 2.73. The van der Waals surface area contributed by atoms with Gasteiger partial charge >= 0.3 is 12.0 Å². The van der Waals surface area contributed by atoms with Crippen LogP contribution in [0.15, 0.2) is 12.2 Å². The van der Waals surface area contributed by atoms with Gasteiger partial charge in [-0.15, -0.1) is 6.42 Å². The fourth-order valence-electron chi connectivity index (χ4n) is 3.34. The number of terminal acetylenes is 1. The average Bonchev–Trinajstić information content (AvgIpc) is 2.71. The van der Waals surface area contributed by atoms with Crippen molar-refractivity contribution in [2.75, 3.05) is 20.2 Å². The van der Waals surface area contributed by atoms with Gasteiger partial charge in [0, 0.05) is 12.0 Å². The lowest BCUT2D eigenvalue weighted by molar-refractivity contribution is -0.134. The molecule has 1 heterocycles. The summed E-state index contributed by atoms with van der Waals surface area (Å²) in [6.45, 7) is 5.89. The Kier molecular flexibility index (Phi) is 3.78. The van der Waals surface area contributed by atoms with Crippen molar-refractivity contribution in [3.63, 3.8) is 0 Å². The number of imide groups is 1. The third-order valence-electron chi connectivity index (χ3n) is 5.01. The molecular weight excluding hydrogens is 284 g/mol. The normalized spacial score (nSPS) is 29.9. The van der Waals surface area contributed by atoms with Gasteiger partial charge in [-0.3, -0.25) is 9.69 Å². The van der Waals surface area contributed by atoms with Crippen molar-refractivity contribution in [3.05, 3.63) is 12.2 Å². The maximum Gasteiger partial charge on any atom is 0.330 e. The highest BCUT2D eigenvalue weighted by Crippen LogP contribution is 2.66. The van der Waals surface area contributed by atoms with Crippen LogP contribution in [0.1, 0.15) is 20.8 Å². The lowest BCUT2D eigenvalue weighted by Gasteiger charge is -2.26. The van der Waals surface area contributed by atoms with Crippen molar-refractivity contribution in [2.45, 2.75) is 26.3 Å². The van der Waals surface area contributed by atoms with Gasteiger partial charge in [0.2, 0.25) is 0 Å². The zero-order chi connectivity index (χ0) is 16.7. The zero-order valence-corrected chi connectivity index (χ0v) is 13.3. The van der Waals surface area contributed by atoms with Crippen LogP contribution in [0.4, 0.5) is 4.79 Å². The predicted molar refractivity (Wildman–Crippen MR) is 79.5 cm³/mol. The van der Waals surface area contributed by atoms with E-state index in [1.165, 1.54) is 23.0 Å². The molecule has 1 aliphatic carbocycles. The van der Waals surface area contributed by atoms with Crippen molar-refractivity contribution in [2.24, 2.45) is 11.3 Å². The number of methoxy groups -OCH3 is 1. The molecule has 6 nitrogen and oxygen atoms in total. The predicted octanol–water partition coefficient (Wildman–Crippen LogP) is 1.03. The van der Waals surface area contributed by atoms with Gasteiger partial charge in [-0.25, -0.2) is 9.59 Å². The van der Waals surface area contributed by atoms with Crippen LogP contribution < -0.4 is 0 Å². The SMILES string of the molecule is C#CCN1CC(=O)N(C2(C)C(C=CC(=O)OC)C2(C)C)C1=O. The molecule has 118 valence electrons. The monoisotopic (exact) mass is 304 g/mol. The van der Waals surface area contributed by atoms with Crippen LogP contribution in [0.25, 0.3) is 0 Å². The van der Waals surface area contributed by atoms with Crippen LogP contribution in [-0.4, -0.2) is 53.4 Å². The highest BCUT2D eigenvalue weighted by atomic mass is 16.5. The van der Waals surface area contributed by atoms with E-state index in [4.69, 9.17) is 6.42 Å². The molecular formula is C16H20N2O4. The number of amides is 3. The Balaban J connectivity index is 2.26. The van der Waals surface area contributed by atoms with Crippen LogP contribution in [0, 0.1) is 23.7 Å². The number of esters is 1. The Morgan fingerprint density at radius 1 is 1.45 bits per heavy atom. The molecule has 0 bridgehead atoms. The van der Waals surface area contributed by atoms with Crippen molar-refractivity contribution < 1.29 is 19.1 Å². The topological polar surface area (TPSA) is 66.9 Å². The Bertz CT molecular complexity index is 602. The van der Waals surface area contributed by atoms with E-state index in [1.54, 1.807) is 6.08 Å². The summed E-state index contributed by atoms with van der Waals surface area (Å²) in [5.41, 5.74) is -0.996. The molecule has 0 aromatic heterocycles. The average molecular weight is 304 g/mol. The minimum Gasteiger partial charge on any atom is -0.466 e. The van der Waals surface area contributed by atoms with E-state index in [1.807, 2.05) is 20.8 Å². The van der Waals surface area contributed by atoms with E-state index in [-0.39, 0.29) is 36.4 Å². The molecule has 6 heteroatoms. The van der Waals surface area contributed by atoms with Crippen molar-refractivity contribution >= 4 is 17.9 Å². The van der Waals surface area contributed by atoms with Crippen LogP contribution in [0.2, 0.25) is 0 Å². The summed E-state index contributed by atoms with van der Waals surface area (Å²) in [6.07, 6.45) is 8.27. The van der Waals surface area contributed by atoms with Crippen LogP contribution in [-0.2, 0) is 14.3 Å². The summed E-state index contributed by atoms with van der Waals surface area (Å²) in [4.78, 5) is 38.6. The Hall–Kier alpha value is -2.29. The minimum absolute atomic E-state index is 0.00212. The van der Waals surface area contributed by atoms with E-state index in [0.29, 0.717) is 0 Å². The molecule has 3 amide bonds. The van der Waals surface area contributed by atoms with Crippen LogP contribution in [0.5, 0.6) is 0 Å². The van der Waals surface area contributed by atoms with Crippen molar-refractivity contribution in [1.82, 2.24) is 9.80 Å². The van der Waals surface area contributed by atoms with Gasteiger partial charge < -0.3 is 9.64 Å². The molecule has 2 unspecified atom stereocenters. The fraction of sp³-hybridized carbons (Fsp3) is 0.562. The van der Waals surface area contributed by atoms with Gasteiger partial charge in [0.1, 0.15) is 6.54 Å². The maximum atomic E-state index is 12.4. The van der Waals surface area contributed by atoms with E-state index < -0.39 is 11.5 Å². The zero-order valence-electron chi connectivity index (χ0n) is 13.3. The fourth-order valence-corrected chi connectivity index (χ4v) is 3.34. The standard InChI is InChI=1S/C16H20N2O4/c1-6-9-17-10-12(19)18(14(17)21)16(4)11(15(16,2)3)7-8-13(20)22-5/h1,7-8,11H,9-10H2,2-5H3. The van der Waals surface area contributed by atoms with Gasteiger partial charge in [0.15, 0.2) is 0 Å². The maximum absolute atomic E-state index is 12.4. The van der Waals surface area contributed by atoms with Crippen molar-refractivity contribution in [3.8, 4) is 12.3 Å². The summed E-state index contributed by atoms with van der Waals surface area (Å²) in [5, 5.41) is 0. The summed E-state index contributed by atoms with van der Waals surface area (Å²) in [7, 11) is 1.30. The Labute approximate surface area is 130 Å². The molecule has 1 saturated heterocycles. The molecule has 0 spiro atoms. The van der Waals surface area contributed by atoms with Gasteiger partial charge in [-0.1, -0.05) is 25.8 Å². The third kappa shape index (κ3) is 2.08. The van der Waals surface area contributed by atoms with Gasteiger partial charge in [-0.05, 0) is 12.3 Å². The quantitative estimate of drug-likeness (QED) is 0.337. The summed E-state index contributed by atoms with van der Waals surface area (Å²) < 4.78 is 4.58. The van der Waals surface area contributed by atoms with Gasteiger partial charge in [-0.2, -0.15) is 0 Å². The van der Waals surface area contributed by atoms with E-state index in [0.717, 1.165) is 0 Å². The molecule has 1 aliphatic heterocycles. The second kappa shape index (κ2) is 5.16. The summed E-state index contributed by atoms with van der Waals surface area (Å²) in [6, 6.07) is -0.368. The van der Waals surface area contributed by atoms with Gasteiger partial charge in [0.25, 0.3) is 5.91 Å². The van der Waals surface area contributed by atoms with E-state index in [2.05, 4.69) is 10.7 Å². The second-order valence-corrected chi connectivity index (χ2v) is 6.30. The van der Waals surface area contributed by atoms with Crippen LogP contribution >= 0.6 is 0 Å². The molecule has 0 aromatic carbocycles. The molecule has 0 aromatic rings. The first kappa shape index (κ1) is 16.1. The number of hydrogen-bond acceptors (Lipinski definition) is 4. The molecule has 22 heavy (non-hydrogen) atoms. The third-order valence-corrected chi connectivity index (χ3v) is 5.01. The number of hydrogen-bond donors (Lipinski definition) is 0. The first-order valence-corrected chi connectivity index (χ1v) is 7.03. The second-order valence-electron chi connectivity index (χ2n) is 6.30. The first-order valence-electron chi connectivity index (χ1n) is 7.03. The molecule has 0 radical (unpaired) electrons. The smallest absolute Gasteiger partial charge is 0.330 e. The lowest BCUT2D eigenvalue weighted by atomic mass is 10.1. The molecule has 2 atom stereocenters. The molecule has 1 saturated carbocycles. The lowest BCUT2D eigenvalue weighted by Crippen LogP contribution is -2.44. The first-order chi connectivity index (χ1) is 10.2. The molecule has 2 fully saturated rings. The number of nitrogens with zero attached hydrogens (tertiary/aromatic N) is 2. The van der Waals surface area contributed by atoms with Crippen molar-refractivity contribution in [1.29, 1.82) is 0 Å². The molecule has 2 rings (SSSR count). The minimum atomic E-state index is -0.672. The van der Waals surface area contributed by atoms with Gasteiger partial charge in [0.05, 0.1) is 19.2 Å². The highest BCUT2D eigenvalue weighted by molar-refractivity contribution is 6.03. The largest absolute Gasteiger partial charge is 0.466 e. The number of rotatable bonds is 4. The number of ether oxygens (including phenoxy) is 1. The van der Waals surface area contributed by atoms with E-state index >= 15 is 0 Å².